The molecule has 0 unspecified atom stereocenters. The third-order valence-corrected chi connectivity index (χ3v) is 3.48. The van der Waals surface area contributed by atoms with Crippen LogP contribution in [0.15, 0.2) is 48.5 Å². The van der Waals surface area contributed by atoms with Crippen molar-refractivity contribution >= 4 is 11.7 Å². The van der Waals surface area contributed by atoms with Gasteiger partial charge in [0.2, 0.25) is 0 Å². The number of hydrogen-bond donors (Lipinski definition) is 1. The Morgan fingerprint density at radius 1 is 1.09 bits per heavy atom. The summed E-state index contributed by atoms with van der Waals surface area (Å²) in [6, 6.07) is 15.4. The summed E-state index contributed by atoms with van der Waals surface area (Å²) in [6.07, 6.45) is 1.91. The van der Waals surface area contributed by atoms with Crippen LogP contribution in [0.4, 0.5) is 5.69 Å². The number of esters is 1. The number of ether oxygens (including phenoxy) is 2. The minimum Gasteiger partial charge on any atom is -0.494 e. The highest BCUT2D eigenvalue weighted by Crippen LogP contribution is 2.16. The van der Waals surface area contributed by atoms with E-state index in [1.165, 1.54) is 12.7 Å². The second-order valence-corrected chi connectivity index (χ2v) is 5.34. The van der Waals surface area contributed by atoms with Crippen LogP contribution < -0.4 is 10.1 Å². The fraction of sp³-hybridized carbons (Fsp3) is 0.316. The van der Waals surface area contributed by atoms with Crippen LogP contribution >= 0.6 is 0 Å². The third-order valence-electron chi connectivity index (χ3n) is 3.48. The summed E-state index contributed by atoms with van der Waals surface area (Å²) in [5, 5.41) is 3.28. The van der Waals surface area contributed by atoms with Gasteiger partial charge in [0.1, 0.15) is 5.75 Å². The van der Waals surface area contributed by atoms with Crippen molar-refractivity contribution in [1.82, 2.24) is 0 Å². The number of carbonyl (C=O) groups excluding carboxylic acids is 1. The van der Waals surface area contributed by atoms with Gasteiger partial charge in [0.25, 0.3) is 0 Å². The molecule has 0 heterocycles. The number of carbonyl (C=O) groups is 1. The minimum atomic E-state index is -0.323. The van der Waals surface area contributed by atoms with Gasteiger partial charge in [-0.25, -0.2) is 4.79 Å². The van der Waals surface area contributed by atoms with Crippen molar-refractivity contribution in [2.45, 2.75) is 19.8 Å². The van der Waals surface area contributed by atoms with E-state index >= 15 is 0 Å². The largest absolute Gasteiger partial charge is 0.494 e. The molecule has 0 radical (unpaired) electrons. The molecule has 0 bridgehead atoms. The average molecular weight is 313 g/mol. The van der Waals surface area contributed by atoms with Crippen molar-refractivity contribution in [2.75, 3.05) is 25.6 Å². The molecule has 0 fully saturated rings. The van der Waals surface area contributed by atoms with Gasteiger partial charge < -0.3 is 14.8 Å². The molecule has 2 aromatic carbocycles. The third kappa shape index (κ3) is 5.33. The molecular formula is C19H23NO3. The molecular weight excluding hydrogens is 290 g/mol. The number of unbranched alkanes of at least 4 members (excludes halogenated alkanes) is 1. The first kappa shape index (κ1) is 16.9. The standard InChI is InChI=1S/C19H23NO3/c1-15-8-7-9-16(14-15)23-13-6-5-12-20-18-11-4-3-10-17(18)19(21)22-2/h3-4,7-11,14,20H,5-6,12-13H2,1-2H3. The Balaban J connectivity index is 1.71. The molecule has 0 aromatic heterocycles. The molecule has 0 amide bonds. The number of aryl methyl sites for hydroxylation is 1. The van der Waals surface area contributed by atoms with E-state index in [-0.39, 0.29) is 5.97 Å². The van der Waals surface area contributed by atoms with E-state index in [1.807, 2.05) is 36.4 Å². The van der Waals surface area contributed by atoms with Crippen molar-refractivity contribution in [3.8, 4) is 5.75 Å². The maximum absolute atomic E-state index is 11.7. The molecule has 2 rings (SSSR count). The lowest BCUT2D eigenvalue weighted by Crippen LogP contribution is -2.10. The lowest BCUT2D eigenvalue weighted by molar-refractivity contribution is 0.0602. The molecule has 0 aliphatic rings. The molecule has 122 valence electrons. The normalized spacial score (nSPS) is 10.2. The average Bonchev–Trinajstić information content (AvgIpc) is 2.57. The number of nitrogens with one attached hydrogen (secondary N) is 1. The van der Waals surface area contributed by atoms with E-state index in [0.29, 0.717) is 12.2 Å². The van der Waals surface area contributed by atoms with Gasteiger partial charge in [-0.3, -0.25) is 0 Å². The van der Waals surface area contributed by atoms with Crippen molar-refractivity contribution in [3.63, 3.8) is 0 Å². The predicted octanol–water partition coefficient (Wildman–Crippen LogP) is 4.05. The molecule has 2 aromatic rings. The summed E-state index contributed by atoms with van der Waals surface area (Å²) in [5.41, 5.74) is 2.56. The van der Waals surface area contributed by atoms with E-state index in [9.17, 15) is 4.79 Å². The van der Waals surface area contributed by atoms with Crippen LogP contribution in [0.2, 0.25) is 0 Å². The Hall–Kier alpha value is -2.49. The topological polar surface area (TPSA) is 47.6 Å². The summed E-state index contributed by atoms with van der Waals surface area (Å²) >= 11 is 0. The zero-order valence-corrected chi connectivity index (χ0v) is 13.7. The van der Waals surface area contributed by atoms with Crippen molar-refractivity contribution in [3.05, 3.63) is 59.7 Å². The molecule has 1 N–H and O–H groups in total. The summed E-state index contributed by atoms with van der Waals surface area (Å²) in [6.45, 7) is 3.52. The van der Waals surface area contributed by atoms with Gasteiger partial charge >= 0.3 is 5.97 Å². The lowest BCUT2D eigenvalue weighted by Gasteiger charge is -2.11. The van der Waals surface area contributed by atoms with Crippen LogP contribution in [-0.2, 0) is 4.74 Å². The molecule has 4 nitrogen and oxygen atoms in total. The highest BCUT2D eigenvalue weighted by Gasteiger charge is 2.09. The van der Waals surface area contributed by atoms with Crippen molar-refractivity contribution in [2.24, 2.45) is 0 Å². The van der Waals surface area contributed by atoms with Gasteiger partial charge in [-0.15, -0.1) is 0 Å². The zero-order chi connectivity index (χ0) is 16.5. The predicted molar refractivity (Wildman–Crippen MR) is 92.2 cm³/mol. The second kappa shape index (κ2) is 8.83. The molecule has 0 aliphatic heterocycles. The van der Waals surface area contributed by atoms with Crippen LogP contribution in [0.5, 0.6) is 5.75 Å². The van der Waals surface area contributed by atoms with Crippen molar-refractivity contribution in [1.29, 1.82) is 0 Å². The first-order chi connectivity index (χ1) is 11.2. The van der Waals surface area contributed by atoms with Crippen LogP contribution in [0, 0.1) is 6.92 Å². The van der Waals surface area contributed by atoms with Gasteiger partial charge in [-0.1, -0.05) is 24.3 Å². The van der Waals surface area contributed by atoms with E-state index in [1.54, 1.807) is 6.07 Å². The number of benzene rings is 2. The second-order valence-electron chi connectivity index (χ2n) is 5.34. The molecule has 0 atom stereocenters. The Bertz CT molecular complexity index is 640. The Morgan fingerprint density at radius 3 is 2.70 bits per heavy atom. The zero-order valence-electron chi connectivity index (χ0n) is 13.7. The maximum atomic E-state index is 11.7. The molecule has 0 saturated heterocycles. The lowest BCUT2D eigenvalue weighted by atomic mass is 10.1. The highest BCUT2D eigenvalue weighted by atomic mass is 16.5. The minimum absolute atomic E-state index is 0.323. The van der Waals surface area contributed by atoms with Gasteiger partial charge in [-0.2, -0.15) is 0 Å². The van der Waals surface area contributed by atoms with Crippen LogP contribution in [-0.4, -0.2) is 26.2 Å². The Morgan fingerprint density at radius 2 is 1.91 bits per heavy atom. The van der Waals surface area contributed by atoms with Crippen LogP contribution in [0.25, 0.3) is 0 Å². The molecule has 4 heteroatoms. The molecule has 0 saturated carbocycles. The van der Waals surface area contributed by atoms with Gasteiger partial charge in [0.05, 0.1) is 19.3 Å². The van der Waals surface area contributed by atoms with E-state index in [4.69, 9.17) is 9.47 Å². The van der Waals surface area contributed by atoms with Gasteiger partial charge in [0, 0.05) is 12.2 Å². The van der Waals surface area contributed by atoms with Crippen LogP contribution in [0.3, 0.4) is 0 Å². The Labute approximate surface area is 137 Å². The Kier molecular flexibility index (Phi) is 6.48. The number of hydrogen-bond acceptors (Lipinski definition) is 4. The fourth-order valence-corrected chi connectivity index (χ4v) is 2.27. The summed E-state index contributed by atoms with van der Waals surface area (Å²) < 4.78 is 10.5. The maximum Gasteiger partial charge on any atom is 0.339 e. The van der Waals surface area contributed by atoms with E-state index in [2.05, 4.69) is 18.3 Å². The van der Waals surface area contributed by atoms with Gasteiger partial charge in [0.15, 0.2) is 0 Å². The number of para-hydroxylation sites is 1. The summed E-state index contributed by atoms with van der Waals surface area (Å²) in [5.74, 6) is 0.588. The van der Waals surface area contributed by atoms with E-state index < -0.39 is 0 Å². The monoisotopic (exact) mass is 313 g/mol. The van der Waals surface area contributed by atoms with Crippen molar-refractivity contribution < 1.29 is 14.3 Å². The highest BCUT2D eigenvalue weighted by molar-refractivity contribution is 5.95. The van der Waals surface area contributed by atoms with E-state index in [0.717, 1.165) is 30.8 Å². The smallest absolute Gasteiger partial charge is 0.339 e. The first-order valence-electron chi connectivity index (χ1n) is 7.81. The molecule has 0 aliphatic carbocycles. The number of methoxy groups -OCH3 is 1. The number of rotatable bonds is 8. The van der Waals surface area contributed by atoms with Gasteiger partial charge in [-0.05, 0) is 49.6 Å². The van der Waals surface area contributed by atoms with Crippen LogP contribution in [0.1, 0.15) is 28.8 Å². The first-order valence-corrected chi connectivity index (χ1v) is 7.81. The summed E-state index contributed by atoms with van der Waals surface area (Å²) in [7, 11) is 1.39. The molecule has 0 spiro atoms. The molecule has 23 heavy (non-hydrogen) atoms. The summed E-state index contributed by atoms with van der Waals surface area (Å²) in [4.78, 5) is 11.7. The SMILES string of the molecule is COC(=O)c1ccccc1NCCCCOc1cccc(C)c1. The quantitative estimate of drug-likeness (QED) is 0.590. The fourth-order valence-electron chi connectivity index (χ4n) is 2.27. The number of anilines is 1.